The van der Waals surface area contributed by atoms with Crippen LogP contribution in [-0.2, 0) is 19.2 Å². The number of aliphatic hydroxyl groups is 1. The monoisotopic (exact) mass is 528 g/mol. The van der Waals surface area contributed by atoms with Crippen molar-refractivity contribution in [3.8, 4) is 0 Å². The average Bonchev–Trinajstić information content (AvgIpc) is 3.34. The Bertz CT molecular complexity index is 997. The number of benzene rings is 1. The Hall–Kier alpha value is -2.94. The molecule has 1 aliphatic heterocycles. The van der Waals surface area contributed by atoms with Crippen LogP contribution in [0.1, 0.15) is 74.1 Å². The van der Waals surface area contributed by atoms with Crippen LogP contribution in [0.25, 0.3) is 0 Å². The molecule has 0 saturated heterocycles. The van der Waals surface area contributed by atoms with Crippen molar-refractivity contribution < 1.29 is 24.3 Å². The highest BCUT2D eigenvalue weighted by Crippen LogP contribution is 2.36. The standard InChI is InChI=1S/C29H44N4O5/c1-18(30-25(36)23(34)19-12-8-9-13-19)24(35)31-22-26(37)32(16-28(2,3)4)20-14-10-11-15-21(20)33(27(22)38)17-29(5,6)7/h10-11,14-15,18-19,22-23,34H,8-9,12-13,16-17H2,1-7H3,(H,30,36)(H,31,35)/t18-,23?/m0/s1. The van der Waals surface area contributed by atoms with Gasteiger partial charge in [-0.15, -0.1) is 0 Å². The maximum absolute atomic E-state index is 13.9. The van der Waals surface area contributed by atoms with Crippen molar-refractivity contribution in [2.75, 3.05) is 22.9 Å². The predicted molar refractivity (Wildman–Crippen MR) is 148 cm³/mol. The Morgan fingerprint density at radius 3 is 1.76 bits per heavy atom. The van der Waals surface area contributed by atoms with E-state index in [1.165, 1.54) is 6.92 Å². The van der Waals surface area contributed by atoms with Crippen LogP contribution in [0.2, 0.25) is 0 Å². The fraction of sp³-hybridized carbons (Fsp3) is 0.655. The molecule has 0 spiro atoms. The van der Waals surface area contributed by atoms with E-state index in [2.05, 4.69) is 10.6 Å². The molecule has 1 aliphatic carbocycles. The van der Waals surface area contributed by atoms with Gasteiger partial charge in [-0.1, -0.05) is 66.5 Å². The van der Waals surface area contributed by atoms with Crippen molar-refractivity contribution in [3.63, 3.8) is 0 Å². The lowest BCUT2D eigenvalue weighted by atomic mass is 9.95. The molecule has 1 aromatic rings. The third-order valence-electron chi connectivity index (χ3n) is 6.91. The summed E-state index contributed by atoms with van der Waals surface area (Å²) in [5, 5.41) is 15.6. The van der Waals surface area contributed by atoms with Crippen LogP contribution >= 0.6 is 0 Å². The summed E-state index contributed by atoms with van der Waals surface area (Å²) in [6.07, 6.45) is 2.29. The summed E-state index contributed by atoms with van der Waals surface area (Å²) in [5.74, 6) is -2.45. The van der Waals surface area contributed by atoms with Crippen molar-refractivity contribution in [1.29, 1.82) is 0 Å². The second kappa shape index (κ2) is 11.4. The van der Waals surface area contributed by atoms with Gasteiger partial charge in [-0.25, -0.2) is 0 Å². The van der Waals surface area contributed by atoms with E-state index in [4.69, 9.17) is 0 Å². The fourth-order valence-corrected chi connectivity index (χ4v) is 5.09. The molecule has 3 rings (SSSR count). The van der Waals surface area contributed by atoms with E-state index < -0.39 is 41.8 Å². The maximum Gasteiger partial charge on any atom is 0.259 e. The van der Waals surface area contributed by atoms with Gasteiger partial charge in [0.25, 0.3) is 11.8 Å². The van der Waals surface area contributed by atoms with Crippen molar-refractivity contribution in [2.45, 2.75) is 92.3 Å². The zero-order valence-electron chi connectivity index (χ0n) is 23.8. The third-order valence-corrected chi connectivity index (χ3v) is 6.91. The van der Waals surface area contributed by atoms with E-state index in [-0.39, 0.29) is 16.7 Å². The summed E-state index contributed by atoms with van der Waals surface area (Å²) in [4.78, 5) is 56.8. The number of carbonyl (C=O) groups excluding carboxylic acids is 4. The van der Waals surface area contributed by atoms with E-state index >= 15 is 0 Å². The summed E-state index contributed by atoms with van der Waals surface area (Å²) in [6.45, 7) is 14.2. The van der Waals surface area contributed by atoms with Crippen molar-refractivity contribution in [2.24, 2.45) is 16.7 Å². The average molecular weight is 529 g/mol. The normalized spacial score (nSPS) is 19.2. The number of aliphatic hydroxyl groups excluding tert-OH is 1. The highest BCUT2D eigenvalue weighted by Gasteiger charge is 2.43. The van der Waals surface area contributed by atoms with Crippen LogP contribution in [-0.4, -0.2) is 60.0 Å². The van der Waals surface area contributed by atoms with Gasteiger partial charge < -0.3 is 25.5 Å². The Labute approximate surface area is 226 Å². The molecule has 0 radical (unpaired) electrons. The minimum Gasteiger partial charge on any atom is -0.383 e. The summed E-state index contributed by atoms with van der Waals surface area (Å²) < 4.78 is 0. The number of nitrogens with one attached hydrogen (secondary N) is 2. The lowest BCUT2D eigenvalue weighted by Gasteiger charge is -2.32. The van der Waals surface area contributed by atoms with Gasteiger partial charge in [0.15, 0.2) is 6.04 Å². The molecule has 1 aromatic carbocycles. The number of hydrogen-bond donors (Lipinski definition) is 3. The first-order chi connectivity index (χ1) is 17.6. The quantitative estimate of drug-likeness (QED) is 0.470. The Morgan fingerprint density at radius 1 is 0.895 bits per heavy atom. The molecule has 0 aromatic heterocycles. The number of fused-ring (bicyclic) bond motifs is 1. The number of rotatable bonds is 7. The smallest absolute Gasteiger partial charge is 0.259 e. The molecular weight excluding hydrogens is 484 g/mol. The molecule has 210 valence electrons. The summed E-state index contributed by atoms with van der Waals surface area (Å²) in [7, 11) is 0. The van der Waals surface area contributed by atoms with Crippen LogP contribution in [0.5, 0.6) is 0 Å². The minimum atomic E-state index is -1.46. The Morgan fingerprint density at radius 2 is 1.34 bits per heavy atom. The van der Waals surface area contributed by atoms with Crippen LogP contribution < -0.4 is 20.4 Å². The van der Waals surface area contributed by atoms with Gasteiger partial charge in [-0.05, 0) is 48.6 Å². The zero-order valence-corrected chi connectivity index (χ0v) is 23.8. The molecule has 4 amide bonds. The lowest BCUT2D eigenvalue weighted by Crippen LogP contribution is -2.60. The number of hydrogen-bond acceptors (Lipinski definition) is 5. The topological polar surface area (TPSA) is 119 Å². The molecule has 9 heteroatoms. The molecule has 3 N–H and O–H groups in total. The van der Waals surface area contributed by atoms with Crippen LogP contribution in [0.4, 0.5) is 11.4 Å². The van der Waals surface area contributed by atoms with Gasteiger partial charge >= 0.3 is 0 Å². The molecule has 2 aliphatic rings. The number of amides is 4. The van der Waals surface area contributed by atoms with E-state index in [0.717, 1.165) is 25.7 Å². The molecule has 1 unspecified atom stereocenters. The molecule has 2 atom stereocenters. The highest BCUT2D eigenvalue weighted by molar-refractivity contribution is 6.21. The molecular formula is C29H44N4O5. The Kier molecular flexibility index (Phi) is 8.91. The number of para-hydroxylation sites is 2. The van der Waals surface area contributed by atoms with Gasteiger partial charge in [-0.2, -0.15) is 0 Å². The molecule has 0 bridgehead atoms. The van der Waals surface area contributed by atoms with Gasteiger partial charge in [0, 0.05) is 13.1 Å². The number of anilines is 2. The van der Waals surface area contributed by atoms with E-state index in [9.17, 15) is 24.3 Å². The summed E-state index contributed by atoms with van der Waals surface area (Å²) in [6, 6.07) is 4.79. The first-order valence-electron chi connectivity index (χ1n) is 13.6. The van der Waals surface area contributed by atoms with E-state index in [0.29, 0.717) is 24.5 Å². The van der Waals surface area contributed by atoms with Gasteiger partial charge in [0.2, 0.25) is 11.8 Å². The number of carbonyl (C=O) groups is 4. The highest BCUT2D eigenvalue weighted by atomic mass is 16.3. The van der Waals surface area contributed by atoms with Crippen molar-refractivity contribution >= 4 is 35.0 Å². The van der Waals surface area contributed by atoms with Gasteiger partial charge in [0.05, 0.1) is 11.4 Å². The largest absolute Gasteiger partial charge is 0.383 e. The second-order valence-corrected chi connectivity index (χ2v) is 13.1. The Balaban J connectivity index is 1.89. The maximum atomic E-state index is 13.9. The van der Waals surface area contributed by atoms with Gasteiger partial charge in [-0.3, -0.25) is 19.2 Å². The third kappa shape index (κ3) is 7.12. The number of nitrogens with zero attached hydrogens (tertiary/aromatic N) is 2. The molecule has 9 nitrogen and oxygen atoms in total. The molecule has 1 fully saturated rings. The van der Waals surface area contributed by atoms with Crippen molar-refractivity contribution in [1.82, 2.24) is 10.6 Å². The van der Waals surface area contributed by atoms with E-state index in [1.807, 2.05) is 65.8 Å². The summed E-state index contributed by atoms with van der Waals surface area (Å²) in [5.41, 5.74) is 0.666. The van der Waals surface area contributed by atoms with Crippen molar-refractivity contribution in [3.05, 3.63) is 24.3 Å². The van der Waals surface area contributed by atoms with Crippen LogP contribution in [0, 0.1) is 16.7 Å². The SMILES string of the molecule is C[C@H](NC(=O)C(O)C1CCCC1)C(=O)NC1C(=O)N(CC(C)(C)C)c2ccccc2N(CC(C)(C)C)C1=O. The first-order valence-corrected chi connectivity index (χ1v) is 13.6. The van der Waals surface area contributed by atoms with Crippen LogP contribution in [0.15, 0.2) is 24.3 Å². The second-order valence-electron chi connectivity index (χ2n) is 13.1. The molecule has 1 heterocycles. The first kappa shape index (κ1) is 29.6. The minimum absolute atomic E-state index is 0.120. The fourth-order valence-electron chi connectivity index (χ4n) is 5.09. The van der Waals surface area contributed by atoms with Crippen LogP contribution in [0.3, 0.4) is 0 Å². The predicted octanol–water partition coefficient (Wildman–Crippen LogP) is 3.00. The lowest BCUT2D eigenvalue weighted by molar-refractivity contribution is -0.137. The zero-order chi connectivity index (χ0) is 28.4. The van der Waals surface area contributed by atoms with Gasteiger partial charge in [0.1, 0.15) is 12.1 Å². The van der Waals surface area contributed by atoms with E-state index in [1.54, 1.807) is 9.80 Å². The molecule has 38 heavy (non-hydrogen) atoms. The summed E-state index contributed by atoms with van der Waals surface area (Å²) >= 11 is 0. The molecule has 1 saturated carbocycles.